The van der Waals surface area contributed by atoms with Crippen molar-refractivity contribution in [3.05, 3.63) is 41.1 Å². The van der Waals surface area contributed by atoms with Gasteiger partial charge < -0.3 is 10.7 Å². The quantitative estimate of drug-likeness (QED) is 0.780. The maximum Gasteiger partial charge on any atom is 0.0572 e. The summed E-state index contributed by atoms with van der Waals surface area (Å²) in [4.78, 5) is 3.11. The van der Waals surface area contributed by atoms with Crippen LogP contribution in [0.15, 0.2) is 30.5 Å². The minimum atomic E-state index is 0.529. The molecule has 3 N–H and O–H groups in total. The van der Waals surface area contributed by atoms with E-state index in [-0.39, 0.29) is 0 Å². The SMILES string of the molecule is NC/C=C/c1ccc2[nH]ccc2c1Cl. The molecule has 1 aromatic heterocycles. The lowest BCUT2D eigenvalue weighted by Gasteiger charge is -1.99. The van der Waals surface area contributed by atoms with Gasteiger partial charge in [0, 0.05) is 23.6 Å². The number of aromatic nitrogens is 1. The van der Waals surface area contributed by atoms with E-state index in [2.05, 4.69) is 4.98 Å². The summed E-state index contributed by atoms with van der Waals surface area (Å²) in [5.41, 5.74) is 7.44. The highest BCUT2D eigenvalue weighted by Gasteiger charge is 2.02. The number of nitrogens with one attached hydrogen (secondary N) is 1. The molecule has 0 aliphatic carbocycles. The van der Waals surface area contributed by atoms with Crippen LogP contribution in [-0.4, -0.2) is 11.5 Å². The summed E-state index contributed by atoms with van der Waals surface area (Å²) in [7, 11) is 0. The number of benzene rings is 1. The van der Waals surface area contributed by atoms with Crippen LogP contribution in [0.5, 0.6) is 0 Å². The summed E-state index contributed by atoms with van der Waals surface area (Å²) in [5.74, 6) is 0. The Morgan fingerprint density at radius 3 is 3.00 bits per heavy atom. The van der Waals surface area contributed by atoms with Gasteiger partial charge in [-0.2, -0.15) is 0 Å². The van der Waals surface area contributed by atoms with Crippen molar-refractivity contribution in [2.45, 2.75) is 0 Å². The molecule has 0 saturated heterocycles. The van der Waals surface area contributed by atoms with Crippen LogP contribution in [0.2, 0.25) is 5.02 Å². The van der Waals surface area contributed by atoms with Crippen molar-refractivity contribution in [3.8, 4) is 0 Å². The Morgan fingerprint density at radius 2 is 2.21 bits per heavy atom. The maximum atomic E-state index is 6.21. The highest BCUT2D eigenvalue weighted by Crippen LogP contribution is 2.27. The highest BCUT2D eigenvalue weighted by atomic mass is 35.5. The molecule has 3 heteroatoms. The average molecular weight is 207 g/mol. The molecule has 0 fully saturated rings. The Labute approximate surface area is 87.4 Å². The second-order valence-electron chi connectivity index (χ2n) is 3.05. The number of nitrogens with two attached hydrogens (primary N) is 1. The lowest BCUT2D eigenvalue weighted by atomic mass is 10.1. The predicted molar refractivity (Wildman–Crippen MR) is 61.4 cm³/mol. The lowest BCUT2D eigenvalue weighted by Crippen LogP contribution is -1.92. The fourth-order valence-corrected chi connectivity index (χ4v) is 1.73. The van der Waals surface area contributed by atoms with E-state index in [1.165, 1.54) is 0 Å². The second-order valence-corrected chi connectivity index (χ2v) is 3.42. The van der Waals surface area contributed by atoms with Crippen molar-refractivity contribution < 1.29 is 0 Å². The van der Waals surface area contributed by atoms with Crippen molar-refractivity contribution in [2.75, 3.05) is 6.54 Å². The van der Waals surface area contributed by atoms with Crippen LogP contribution in [-0.2, 0) is 0 Å². The summed E-state index contributed by atoms with van der Waals surface area (Å²) in [6.07, 6.45) is 5.71. The van der Waals surface area contributed by atoms with E-state index in [0.717, 1.165) is 21.5 Å². The molecule has 2 rings (SSSR count). The topological polar surface area (TPSA) is 41.8 Å². The Morgan fingerprint density at radius 1 is 1.36 bits per heavy atom. The molecule has 0 amide bonds. The van der Waals surface area contributed by atoms with E-state index in [1.54, 1.807) is 0 Å². The summed E-state index contributed by atoms with van der Waals surface area (Å²) in [6.45, 7) is 0.529. The number of H-pyrrole nitrogens is 1. The first kappa shape index (κ1) is 9.31. The number of hydrogen-bond donors (Lipinski definition) is 2. The van der Waals surface area contributed by atoms with Crippen LogP contribution in [0.4, 0.5) is 0 Å². The predicted octanol–water partition coefficient (Wildman–Crippen LogP) is 2.79. The molecule has 14 heavy (non-hydrogen) atoms. The zero-order valence-electron chi connectivity index (χ0n) is 7.63. The van der Waals surface area contributed by atoms with Gasteiger partial charge >= 0.3 is 0 Å². The van der Waals surface area contributed by atoms with Crippen LogP contribution in [0, 0.1) is 0 Å². The van der Waals surface area contributed by atoms with Gasteiger partial charge in [-0.1, -0.05) is 29.8 Å². The summed E-state index contributed by atoms with van der Waals surface area (Å²) >= 11 is 6.21. The number of aromatic amines is 1. The van der Waals surface area contributed by atoms with Gasteiger partial charge in [-0.05, 0) is 17.7 Å². The highest BCUT2D eigenvalue weighted by molar-refractivity contribution is 6.36. The van der Waals surface area contributed by atoms with Crippen molar-refractivity contribution in [1.29, 1.82) is 0 Å². The Hall–Kier alpha value is -1.25. The van der Waals surface area contributed by atoms with Crippen molar-refractivity contribution in [3.63, 3.8) is 0 Å². The molecule has 0 aliphatic rings. The fraction of sp³-hybridized carbons (Fsp3) is 0.0909. The number of halogens is 1. The fourth-order valence-electron chi connectivity index (χ4n) is 1.44. The average Bonchev–Trinajstić information content (AvgIpc) is 2.66. The van der Waals surface area contributed by atoms with Gasteiger partial charge in [-0.15, -0.1) is 0 Å². The largest absolute Gasteiger partial charge is 0.361 e. The van der Waals surface area contributed by atoms with Crippen molar-refractivity contribution in [2.24, 2.45) is 5.73 Å². The number of hydrogen-bond acceptors (Lipinski definition) is 1. The van der Waals surface area contributed by atoms with Gasteiger partial charge in [0.1, 0.15) is 0 Å². The number of rotatable bonds is 2. The molecule has 0 atom stereocenters. The maximum absolute atomic E-state index is 6.21. The minimum absolute atomic E-state index is 0.529. The molecule has 0 unspecified atom stereocenters. The van der Waals surface area contributed by atoms with Crippen LogP contribution < -0.4 is 5.73 Å². The van der Waals surface area contributed by atoms with Gasteiger partial charge in [0.15, 0.2) is 0 Å². The summed E-state index contributed by atoms with van der Waals surface area (Å²) < 4.78 is 0. The molecule has 0 spiro atoms. The van der Waals surface area contributed by atoms with Crippen LogP contribution in [0.3, 0.4) is 0 Å². The molecule has 2 aromatic rings. The van der Waals surface area contributed by atoms with Crippen LogP contribution in [0.1, 0.15) is 5.56 Å². The first-order valence-corrected chi connectivity index (χ1v) is 4.83. The van der Waals surface area contributed by atoms with Gasteiger partial charge in [-0.25, -0.2) is 0 Å². The monoisotopic (exact) mass is 206 g/mol. The first-order chi connectivity index (χ1) is 6.83. The van der Waals surface area contributed by atoms with E-state index < -0.39 is 0 Å². The second kappa shape index (κ2) is 3.86. The van der Waals surface area contributed by atoms with Gasteiger partial charge in [0.2, 0.25) is 0 Å². The molecule has 72 valence electrons. The van der Waals surface area contributed by atoms with Crippen molar-refractivity contribution >= 4 is 28.6 Å². The number of fused-ring (bicyclic) bond motifs is 1. The molecule has 2 nitrogen and oxygen atoms in total. The molecule has 0 radical (unpaired) electrons. The van der Waals surface area contributed by atoms with E-state index in [0.29, 0.717) is 6.54 Å². The molecular formula is C11H11ClN2. The molecule has 0 aliphatic heterocycles. The summed E-state index contributed by atoms with van der Waals surface area (Å²) in [5, 5.41) is 1.82. The van der Waals surface area contributed by atoms with E-state index in [9.17, 15) is 0 Å². The Kier molecular flexibility index (Phi) is 2.57. The zero-order chi connectivity index (χ0) is 9.97. The smallest absolute Gasteiger partial charge is 0.0572 e. The standard InChI is InChI=1S/C11H11ClN2/c12-11-8(2-1-6-13)3-4-10-9(11)5-7-14-10/h1-5,7,14H,6,13H2/b2-1+. The third-order valence-corrected chi connectivity index (χ3v) is 2.55. The molecular weight excluding hydrogens is 196 g/mol. The lowest BCUT2D eigenvalue weighted by molar-refractivity contribution is 1.26. The third kappa shape index (κ3) is 1.54. The van der Waals surface area contributed by atoms with Gasteiger partial charge in [0.25, 0.3) is 0 Å². The zero-order valence-corrected chi connectivity index (χ0v) is 8.38. The summed E-state index contributed by atoms with van der Waals surface area (Å²) in [6, 6.07) is 5.96. The van der Waals surface area contributed by atoms with E-state index >= 15 is 0 Å². The normalized spacial score (nSPS) is 11.6. The van der Waals surface area contributed by atoms with Gasteiger partial charge in [-0.3, -0.25) is 0 Å². The third-order valence-electron chi connectivity index (χ3n) is 2.13. The van der Waals surface area contributed by atoms with Crippen LogP contribution >= 0.6 is 11.6 Å². The molecule has 0 bridgehead atoms. The first-order valence-electron chi connectivity index (χ1n) is 4.45. The van der Waals surface area contributed by atoms with Crippen LogP contribution in [0.25, 0.3) is 17.0 Å². The van der Waals surface area contributed by atoms with Crippen molar-refractivity contribution in [1.82, 2.24) is 4.98 Å². The molecule has 0 saturated carbocycles. The molecule has 1 heterocycles. The Bertz CT molecular complexity index is 471. The van der Waals surface area contributed by atoms with Gasteiger partial charge in [0.05, 0.1) is 5.02 Å². The minimum Gasteiger partial charge on any atom is -0.361 e. The Balaban J connectivity index is 2.56. The van der Waals surface area contributed by atoms with E-state index in [1.807, 2.05) is 36.5 Å². The van der Waals surface area contributed by atoms with E-state index in [4.69, 9.17) is 17.3 Å². The molecule has 1 aromatic carbocycles.